The van der Waals surface area contributed by atoms with E-state index >= 15 is 0 Å². The van der Waals surface area contributed by atoms with E-state index in [4.69, 9.17) is 4.74 Å². The van der Waals surface area contributed by atoms with Crippen LogP contribution in [0, 0.1) is 0 Å². The second-order valence-corrected chi connectivity index (χ2v) is 6.23. The Hall–Kier alpha value is -0.120. The summed E-state index contributed by atoms with van der Waals surface area (Å²) in [6.07, 6.45) is 3.54. The van der Waals surface area contributed by atoms with Gasteiger partial charge in [0.2, 0.25) is 0 Å². The van der Waals surface area contributed by atoms with Crippen LogP contribution in [-0.2, 0) is 4.74 Å². The highest BCUT2D eigenvalue weighted by molar-refractivity contribution is 14.0. The maximum atomic E-state index is 5.38. The number of morpholine rings is 1. The van der Waals surface area contributed by atoms with Crippen molar-refractivity contribution in [3.05, 3.63) is 0 Å². The molecule has 0 radical (unpaired) electrons. The molecule has 0 unspecified atom stereocenters. The Morgan fingerprint density at radius 2 is 1.76 bits per heavy atom. The number of hydrogen-bond acceptors (Lipinski definition) is 4. The molecule has 0 aromatic rings. The molecule has 1 fully saturated rings. The number of hydrogen-bond donors (Lipinski definition) is 2. The van der Waals surface area contributed by atoms with Gasteiger partial charge in [-0.1, -0.05) is 13.8 Å². The molecule has 1 heterocycles. The van der Waals surface area contributed by atoms with Crippen molar-refractivity contribution < 1.29 is 4.74 Å². The molecule has 0 aromatic heterocycles. The lowest BCUT2D eigenvalue weighted by Gasteiger charge is -2.26. The number of aliphatic imine (C=N–C) groups is 1. The number of halogens is 1. The topological polar surface area (TPSA) is 52.1 Å². The zero-order valence-electron chi connectivity index (χ0n) is 16.6. The van der Waals surface area contributed by atoms with E-state index in [1.165, 1.54) is 19.4 Å². The number of unbranched alkanes of at least 4 members (excludes halogenated alkanes) is 1. The quantitative estimate of drug-likeness (QED) is 0.198. The van der Waals surface area contributed by atoms with Crippen molar-refractivity contribution in [3.8, 4) is 0 Å². The largest absolute Gasteiger partial charge is 0.379 e. The third-order valence-corrected chi connectivity index (χ3v) is 4.44. The molecule has 0 amide bonds. The standard InChI is InChI=1S/C18H39N5O.HI/c1-4-19-18(20-10-7-8-12-22(5-2)6-3)21-11-9-13-23-14-16-24-17-15-23;/h4-17H2,1-3H3,(H2,19,20,21);1H. The summed E-state index contributed by atoms with van der Waals surface area (Å²) in [4.78, 5) is 9.63. The first kappa shape index (κ1) is 24.9. The van der Waals surface area contributed by atoms with Crippen LogP contribution in [0.15, 0.2) is 4.99 Å². The first-order valence-corrected chi connectivity index (χ1v) is 9.84. The molecule has 1 rings (SSSR count). The van der Waals surface area contributed by atoms with Crippen LogP contribution in [0.3, 0.4) is 0 Å². The second kappa shape index (κ2) is 17.3. The lowest BCUT2D eigenvalue weighted by Crippen LogP contribution is -2.39. The highest BCUT2D eigenvalue weighted by Gasteiger charge is 2.09. The molecule has 25 heavy (non-hydrogen) atoms. The van der Waals surface area contributed by atoms with Gasteiger partial charge in [-0.15, -0.1) is 24.0 Å². The molecule has 0 atom stereocenters. The smallest absolute Gasteiger partial charge is 0.191 e. The van der Waals surface area contributed by atoms with Gasteiger partial charge in [-0.2, -0.15) is 0 Å². The Bertz CT molecular complexity index is 321. The number of guanidine groups is 1. The summed E-state index contributed by atoms with van der Waals surface area (Å²) in [6, 6.07) is 0. The third kappa shape index (κ3) is 12.8. The average Bonchev–Trinajstić information content (AvgIpc) is 2.62. The first-order chi connectivity index (χ1) is 11.8. The summed E-state index contributed by atoms with van der Waals surface area (Å²) in [5, 5.41) is 6.79. The Balaban J connectivity index is 0.00000576. The Labute approximate surface area is 172 Å². The van der Waals surface area contributed by atoms with Gasteiger partial charge in [0, 0.05) is 39.3 Å². The molecule has 0 aliphatic carbocycles. The van der Waals surface area contributed by atoms with Gasteiger partial charge in [-0.3, -0.25) is 9.89 Å². The first-order valence-electron chi connectivity index (χ1n) is 9.84. The van der Waals surface area contributed by atoms with Crippen LogP contribution < -0.4 is 10.6 Å². The van der Waals surface area contributed by atoms with Gasteiger partial charge in [0.05, 0.1) is 13.2 Å². The van der Waals surface area contributed by atoms with Crippen LogP contribution in [0.4, 0.5) is 0 Å². The molecule has 0 spiro atoms. The zero-order valence-corrected chi connectivity index (χ0v) is 18.9. The van der Waals surface area contributed by atoms with Crippen molar-refractivity contribution >= 4 is 29.9 Å². The molecule has 2 N–H and O–H groups in total. The van der Waals surface area contributed by atoms with E-state index in [9.17, 15) is 0 Å². The molecule has 6 nitrogen and oxygen atoms in total. The van der Waals surface area contributed by atoms with Crippen LogP contribution in [0.25, 0.3) is 0 Å². The van der Waals surface area contributed by atoms with Gasteiger partial charge in [0.25, 0.3) is 0 Å². The predicted molar refractivity (Wildman–Crippen MR) is 118 cm³/mol. The normalized spacial score (nSPS) is 15.9. The summed E-state index contributed by atoms with van der Waals surface area (Å²) in [7, 11) is 0. The van der Waals surface area contributed by atoms with Crippen LogP contribution in [-0.4, -0.2) is 87.9 Å². The number of nitrogens with one attached hydrogen (secondary N) is 2. The monoisotopic (exact) mass is 469 g/mol. The maximum Gasteiger partial charge on any atom is 0.191 e. The zero-order chi connectivity index (χ0) is 17.5. The van der Waals surface area contributed by atoms with E-state index in [-0.39, 0.29) is 24.0 Å². The van der Waals surface area contributed by atoms with Crippen molar-refractivity contribution in [2.45, 2.75) is 40.0 Å². The average molecular weight is 469 g/mol. The van der Waals surface area contributed by atoms with Crippen molar-refractivity contribution in [1.82, 2.24) is 20.4 Å². The van der Waals surface area contributed by atoms with E-state index < -0.39 is 0 Å². The lowest BCUT2D eigenvalue weighted by atomic mass is 10.3. The van der Waals surface area contributed by atoms with E-state index in [0.717, 1.165) is 78.0 Å². The molecule has 7 heteroatoms. The van der Waals surface area contributed by atoms with Crippen molar-refractivity contribution in [1.29, 1.82) is 0 Å². The molecule has 0 aromatic carbocycles. The van der Waals surface area contributed by atoms with Gasteiger partial charge < -0.3 is 20.3 Å². The van der Waals surface area contributed by atoms with Gasteiger partial charge in [-0.25, -0.2) is 0 Å². The van der Waals surface area contributed by atoms with Gasteiger partial charge in [0.1, 0.15) is 0 Å². The van der Waals surface area contributed by atoms with Gasteiger partial charge >= 0.3 is 0 Å². The Morgan fingerprint density at radius 1 is 1.04 bits per heavy atom. The highest BCUT2D eigenvalue weighted by atomic mass is 127. The van der Waals surface area contributed by atoms with Crippen molar-refractivity contribution in [3.63, 3.8) is 0 Å². The predicted octanol–water partition coefficient (Wildman–Crippen LogP) is 2.00. The third-order valence-electron chi connectivity index (χ3n) is 4.44. The second-order valence-electron chi connectivity index (χ2n) is 6.23. The highest BCUT2D eigenvalue weighted by Crippen LogP contribution is 1.98. The van der Waals surface area contributed by atoms with E-state index in [2.05, 4.69) is 46.2 Å². The van der Waals surface area contributed by atoms with E-state index in [1.54, 1.807) is 0 Å². The molecule has 1 aliphatic rings. The minimum absolute atomic E-state index is 0. The number of nitrogens with zero attached hydrogens (tertiary/aromatic N) is 3. The fourth-order valence-electron chi connectivity index (χ4n) is 2.86. The summed E-state index contributed by atoms with van der Waals surface area (Å²) in [5.41, 5.74) is 0. The lowest BCUT2D eigenvalue weighted by molar-refractivity contribution is 0.0377. The molecular formula is C18H40IN5O. The van der Waals surface area contributed by atoms with Crippen LogP contribution in [0.2, 0.25) is 0 Å². The van der Waals surface area contributed by atoms with Gasteiger partial charge in [0.15, 0.2) is 5.96 Å². The van der Waals surface area contributed by atoms with E-state index in [1.807, 2.05) is 0 Å². The minimum atomic E-state index is 0. The summed E-state index contributed by atoms with van der Waals surface area (Å²) < 4.78 is 5.38. The number of rotatable bonds is 12. The molecule has 150 valence electrons. The molecule has 0 saturated carbocycles. The van der Waals surface area contributed by atoms with Crippen molar-refractivity contribution in [2.24, 2.45) is 4.99 Å². The minimum Gasteiger partial charge on any atom is -0.379 e. The summed E-state index contributed by atoms with van der Waals surface area (Å²) in [5.74, 6) is 0.960. The summed E-state index contributed by atoms with van der Waals surface area (Å²) >= 11 is 0. The molecular weight excluding hydrogens is 429 g/mol. The molecule has 1 saturated heterocycles. The van der Waals surface area contributed by atoms with Crippen LogP contribution in [0.1, 0.15) is 40.0 Å². The molecule has 0 bridgehead atoms. The Kier molecular flexibility index (Phi) is 17.2. The fourth-order valence-corrected chi connectivity index (χ4v) is 2.86. The maximum absolute atomic E-state index is 5.38. The van der Waals surface area contributed by atoms with Gasteiger partial charge in [-0.05, 0) is 45.8 Å². The van der Waals surface area contributed by atoms with Crippen LogP contribution in [0.5, 0.6) is 0 Å². The molecule has 1 aliphatic heterocycles. The van der Waals surface area contributed by atoms with Crippen molar-refractivity contribution in [2.75, 3.05) is 72.1 Å². The van der Waals surface area contributed by atoms with E-state index in [0.29, 0.717) is 0 Å². The number of ether oxygens (including phenoxy) is 1. The van der Waals surface area contributed by atoms with Crippen LogP contribution >= 0.6 is 24.0 Å². The Morgan fingerprint density at radius 3 is 2.40 bits per heavy atom. The summed E-state index contributed by atoms with van der Waals surface area (Å²) in [6.45, 7) is 17.9. The fraction of sp³-hybridized carbons (Fsp3) is 0.944. The SMILES string of the molecule is CCNC(=NCCCN1CCOCC1)NCCCCN(CC)CC.I.